The lowest BCUT2D eigenvalue weighted by Crippen LogP contribution is -2.50. The fourth-order valence-electron chi connectivity index (χ4n) is 3.13. The largest absolute Gasteiger partial charge is 0.378 e. The SMILES string of the molecule is CCCC(C)COC1CCCC(C#N)(NC2CC2)C1. The second-order valence-corrected chi connectivity index (χ2v) is 6.56. The van der Waals surface area contributed by atoms with E-state index >= 15 is 0 Å². The van der Waals surface area contributed by atoms with E-state index in [2.05, 4.69) is 25.2 Å². The summed E-state index contributed by atoms with van der Waals surface area (Å²) in [6.07, 6.45) is 9.30. The van der Waals surface area contributed by atoms with Crippen molar-refractivity contribution in [3.63, 3.8) is 0 Å². The Bertz CT molecular complexity index is 321. The van der Waals surface area contributed by atoms with Crippen LogP contribution in [0.25, 0.3) is 0 Å². The molecule has 2 saturated carbocycles. The first-order valence-corrected chi connectivity index (χ1v) is 7.98. The number of hydrogen-bond acceptors (Lipinski definition) is 3. The minimum atomic E-state index is -0.307. The van der Waals surface area contributed by atoms with Gasteiger partial charge in [0.2, 0.25) is 0 Å². The number of nitrogens with one attached hydrogen (secondary N) is 1. The highest BCUT2D eigenvalue weighted by molar-refractivity contribution is 5.12. The Kier molecular flexibility index (Phi) is 5.24. The maximum Gasteiger partial charge on any atom is 0.109 e. The monoisotopic (exact) mass is 264 g/mol. The van der Waals surface area contributed by atoms with Gasteiger partial charge in [0.05, 0.1) is 12.2 Å². The molecule has 108 valence electrons. The highest BCUT2D eigenvalue weighted by Crippen LogP contribution is 2.33. The zero-order chi connectivity index (χ0) is 13.7. The fraction of sp³-hybridized carbons (Fsp3) is 0.938. The quantitative estimate of drug-likeness (QED) is 0.766. The van der Waals surface area contributed by atoms with Gasteiger partial charge in [-0.05, 0) is 44.4 Å². The molecule has 0 bridgehead atoms. The predicted octanol–water partition coefficient (Wildman–Crippen LogP) is 3.40. The minimum absolute atomic E-state index is 0.277. The second-order valence-electron chi connectivity index (χ2n) is 6.56. The molecule has 3 atom stereocenters. The summed E-state index contributed by atoms with van der Waals surface area (Å²) in [5.74, 6) is 0.639. The van der Waals surface area contributed by atoms with Crippen LogP contribution in [0.1, 0.15) is 65.2 Å². The van der Waals surface area contributed by atoms with Crippen molar-refractivity contribution < 1.29 is 4.74 Å². The Hall–Kier alpha value is -0.590. The van der Waals surface area contributed by atoms with Crippen LogP contribution in [0, 0.1) is 17.2 Å². The average Bonchev–Trinajstić information content (AvgIpc) is 3.21. The number of ether oxygens (including phenoxy) is 1. The Balaban J connectivity index is 1.80. The molecule has 0 aromatic heterocycles. The number of rotatable bonds is 7. The van der Waals surface area contributed by atoms with Crippen LogP contribution in [0.3, 0.4) is 0 Å². The summed E-state index contributed by atoms with van der Waals surface area (Å²) in [7, 11) is 0. The molecule has 19 heavy (non-hydrogen) atoms. The molecule has 2 aliphatic rings. The molecule has 1 N–H and O–H groups in total. The Labute approximate surface area is 117 Å². The summed E-state index contributed by atoms with van der Waals surface area (Å²) in [6.45, 7) is 5.33. The smallest absolute Gasteiger partial charge is 0.109 e. The van der Waals surface area contributed by atoms with Gasteiger partial charge in [-0.3, -0.25) is 5.32 Å². The second kappa shape index (κ2) is 6.72. The minimum Gasteiger partial charge on any atom is -0.378 e. The highest BCUT2D eigenvalue weighted by Gasteiger charge is 2.40. The van der Waals surface area contributed by atoms with Crippen LogP contribution in [0.2, 0.25) is 0 Å². The van der Waals surface area contributed by atoms with E-state index in [-0.39, 0.29) is 11.6 Å². The molecule has 0 aromatic rings. The van der Waals surface area contributed by atoms with Gasteiger partial charge >= 0.3 is 0 Å². The number of nitrogens with zero attached hydrogens (tertiary/aromatic N) is 1. The fourth-order valence-corrected chi connectivity index (χ4v) is 3.13. The third kappa shape index (κ3) is 4.47. The van der Waals surface area contributed by atoms with Crippen molar-refractivity contribution in [1.82, 2.24) is 5.32 Å². The van der Waals surface area contributed by atoms with Crippen LogP contribution in [0.5, 0.6) is 0 Å². The standard InChI is InChI=1S/C16H28N2O/c1-3-5-13(2)11-19-15-6-4-9-16(10-15,12-17)18-14-7-8-14/h13-15,18H,3-11H2,1-2H3. The van der Waals surface area contributed by atoms with Crippen LogP contribution in [-0.4, -0.2) is 24.3 Å². The third-order valence-corrected chi connectivity index (χ3v) is 4.38. The molecule has 3 heteroatoms. The first kappa shape index (κ1) is 14.8. The lowest BCUT2D eigenvalue weighted by atomic mass is 9.81. The maximum absolute atomic E-state index is 9.53. The van der Waals surface area contributed by atoms with E-state index in [1.165, 1.54) is 25.7 Å². The van der Waals surface area contributed by atoms with E-state index in [0.29, 0.717) is 12.0 Å². The average molecular weight is 264 g/mol. The van der Waals surface area contributed by atoms with Gasteiger partial charge in [0, 0.05) is 19.1 Å². The zero-order valence-corrected chi connectivity index (χ0v) is 12.5. The lowest BCUT2D eigenvalue weighted by molar-refractivity contribution is -0.00737. The normalized spacial score (nSPS) is 32.8. The number of nitriles is 1. The van der Waals surface area contributed by atoms with Crippen molar-refractivity contribution in [2.24, 2.45) is 5.92 Å². The van der Waals surface area contributed by atoms with Crippen molar-refractivity contribution in [3.8, 4) is 6.07 Å². The Morgan fingerprint density at radius 1 is 1.42 bits per heavy atom. The van der Waals surface area contributed by atoms with Gasteiger partial charge in [0.15, 0.2) is 0 Å². The number of hydrogen-bond donors (Lipinski definition) is 1. The molecular weight excluding hydrogens is 236 g/mol. The van der Waals surface area contributed by atoms with Gasteiger partial charge in [-0.25, -0.2) is 0 Å². The van der Waals surface area contributed by atoms with Crippen molar-refractivity contribution >= 4 is 0 Å². The van der Waals surface area contributed by atoms with Crippen molar-refractivity contribution in [2.75, 3.05) is 6.61 Å². The molecule has 0 radical (unpaired) electrons. The van der Waals surface area contributed by atoms with Gasteiger partial charge in [0.1, 0.15) is 5.54 Å². The van der Waals surface area contributed by atoms with Crippen molar-refractivity contribution in [3.05, 3.63) is 0 Å². The molecule has 0 heterocycles. The summed E-state index contributed by atoms with van der Waals surface area (Å²) in [5.41, 5.74) is -0.307. The van der Waals surface area contributed by atoms with Crippen LogP contribution >= 0.6 is 0 Å². The van der Waals surface area contributed by atoms with Gasteiger partial charge in [-0.2, -0.15) is 5.26 Å². The van der Waals surface area contributed by atoms with Gasteiger partial charge in [-0.15, -0.1) is 0 Å². The molecule has 2 fully saturated rings. The van der Waals surface area contributed by atoms with Gasteiger partial charge < -0.3 is 4.74 Å². The van der Waals surface area contributed by atoms with Crippen LogP contribution in [0.4, 0.5) is 0 Å². The van der Waals surface area contributed by atoms with E-state index in [4.69, 9.17) is 4.74 Å². The molecular formula is C16H28N2O. The van der Waals surface area contributed by atoms with Gasteiger partial charge in [0.25, 0.3) is 0 Å². The maximum atomic E-state index is 9.53. The third-order valence-electron chi connectivity index (χ3n) is 4.38. The first-order chi connectivity index (χ1) is 9.17. The molecule has 3 unspecified atom stereocenters. The molecule has 0 spiro atoms. The summed E-state index contributed by atoms with van der Waals surface area (Å²) in [4.78, 5) is 0. The van der Waals surface area contributed by atoms with Crippen LogP contribution in [-0.2, 0) is 4.74 Å². The van der Waals surface area contributed by atoms with E-state index in [0.717, 1.165) is 32.3 Å². The molecule has 0 aromatic carbocycles. The zero-order valence-electron chi connectivity index (χ0n) is 12.5. The van der Waals surface area contributed by atoms with Gasteiger partial charge in [-0.1, -0.05) is 20.3 Å². The molecule has 2 aliphatic carbocycles. The van der Waals surface area contributed by atoms with E-state index in [9.17, 15) is 5.26 Å². The summed E-state index contributed by atoms with van der Waals surface area (Å²) in [6, 6.07) is 3.14. The lowest BCUT2D eigenvalue weighted by Gasteiger charge is -2.37. The highest BCUT2D eigenvalue weighted by atomic mass is 16.5. The summed E-state index contributed by atoms with van der Waals surface area (Å²) >= 11 is 0. The molecule has 2 rings (SSSR count). The predicted molar refractivity (Wildman–Crippen MR) is 76.8 cm³/mol. The topological polar surface area (TPSA) is 45.0 Å². The van der Waals surface area contributed by atoms with E-state index in [1.807, 2.05) is 0 Å². The summed E-state index contributed by atoms with van der Waals surface area (Å²) in [5, 5.41) is 13.1. The molecule has 0 saturated heterocycles. The Morgan fingerprint density at radius 2 is 2.21 bits per heavy atom. The van der Waals surface area contributed by atoms with Crippen LogP contribution < -0.4 is 5.32 Å². The van der Waals surface area contributed by atoms with Crippen molar-refractivity contribution in [2.45, 2.75) is 82.9 Å². The molecule has 3 nitrogen and oxygen atoms in total. The van der Waals surface area contributed by atoms with E-state index in [1.54, 1.807) is 0 Å². The first-order valence-electron chi connectivity index (χ1n) is 7.98. The van der Waals surface area contributed by atoms with E-state index < -0.39 is 0 Å². The Morgan fingerprint density at radius 3 is 2.84 bits per heavy atom. The van der Waals surface area contributed by atoms with Crippen LogP contribution in [0.15, 0.2) is 0 Å². The molecule has 0 aliphatic heterocycles. The summed E-state index contributed by atoms with van der Waals surface area (Å²) < 4.78 is 6.07. The molecule has 0 amide bonds. The van der Waals surface area contributed by atoms with Crippen molar-refractivity contribution in [1.29, 1.82) is 5.26 Å².